The molecule has 1 aromatic carbocycles. The second-order valence-electron chi connectivity index (χ2n) is 5.18. The van der Waals surface area contributed by atoms with Crippen LogP contribution in [-0.2, 0) is 0 Å². The average molecular weight is 259 g/mol. The fourth-order valence-electron chi connectivity index (χ4n) is 2.68. The Kier molecular flexibility index (Phi) is 4.28. The van der Waals surface area contributed by atoms with E-state index in [-0.39, 0.29) is 0 Å². The highest BCUT2D eigenvalue weighted by Gasteiger charge is 2.26. The van der Waals surface area contributed by atoms with E-state index < -0.39 is 0 Å². The smallest absolute Gasteiger partial charge is 0.121 e. The summed E-state index contributed by atoms with van der Waals surface area (Å²) in [7, 11) is 1.65. The predicted molar refractivity (Wildman–Crippen MR) is 76.3 cm³/mol. The number of nitrogens with zero attached hydrogens (tertiary/aromatic N) is 2. The maximum Gasteiger partial charge on any atom is 0.121 e. The number of hydrogen-bond donors (Lipinski definition) is 1. The van der Waals surface area contributed by atoms with Gasteiger partial charge in [0.1, 0.15) is 11.8 Å². The van der Waals surface area contributed by atoms with E-state index >= 15 is 0 Å². The molecule has 1 fully saturated rings. The lowest BCUT2D eigenvalue weighted by molar-refractivity contribution is 0.372. The molecule has 102 valence electrons. The van der Waals surface area contributed by atoms with E-state index in [1.54, 1.807) is 7.11 Å². The molecule has 2 rings (SSSR count). The van der Waals surface area contributed by atoms with Crippen LogP contribution in [0.2, 0.25) is 0 Å². The molecule has 1 aliphatic rings. The second-order valence-corrected chi connectivity index (χ2v) is 5.18. The number of benzene rings is 1. The van der Waals surface area contributed by atoms with Crippen molar-refractivity contribution in [3.05, 3.63) is 23.8 Å². The lowest BCUT2D eigenvalue weighted by atomic mass is 9.92. The topological polar surface area (TPSA) is 62.3 Å². The summed E-state index contributed by atoms with van der Waals surface area (Å²) in [5.74, 6) is 1.30. The molecule has 0 amide bonds. The van der Waals surface area contributed by atoms with E-state index in [0.717, 1.165) is 24.4 Å². The van der Waals surface area contributed by atoms with Gasteiger partial charge in [0.15, 0.2) is 0 Å². The fraction of sp³-hybridized carbons (Fsp3) is 0.533. The van der Waals surface area contributed by atoms with Crippen LogP contribution in [0.1, 0.15) is 25.3 Å². The maximum atomic E-state index is 9.28. The molecule has 19 heavy (non-hydrogen) atoms. The first-order valence-corrected chi connectivity index (χ1v) is 6.74. The third kappa shape index (κ3) is 2.82. The first-order valence-electron chi connectivity index (χ1n) is 6.74. The molecule has 1 saturated heterocycles. The molecule has 2 unspecified atom stereocenters. The molecule has 4 heteroatoms. The van der Waals surface area contributed by atoms with Gasteiger partial charge < -0.3 is 15.4 Å². The van der Waals surface area contributed by atoms with E-state index in [1.165, 1.54) is 6.42 Å². The molecule has 0 saturated carbocycles. The van der Waals surface area contributed by atoms with Gasteiger partial charge >= 0.3 is 0 Å². The Hall–Kier alpha value is -1.73. The molecule has 1 aromatic rings. The Balaban J connectivity index is 2.35. The third-order valence-electron chi connectivity index (χ3n) is 3.95. The third-order valence-corrected chi connectivity index (χ3v) is 3.95. The van der Waals surface area contributed by atoms with Gasteiger partial charge in [-0.1, -0.05) is 0 Å². The number of ether oxygens (including phenoxy) is 1. The van der Waals surface area contributed by atoms with Gasteiger partial charge in [-0.15, -0.1) is 0 Å². The summed E-state index contributed by atoms with van der Waals surface area (Å²) in [5, 5.41) is 9.28. The van der Waals surface area contributed by atoms with Crippen molar-refractivity contribution in [2.45, 2.75) is 25.8 Å². The summed E-state index contributed by atoms with van der Waals surface area (Å²) in [6, 6.07) is 8.31. The molecule has 0 spiro atoms. The van der Waals surface area contributed by atoms with Gasteiger partial charge in [-0.2, -0.15) is 5.26 Å². The van der Waals surface area contributed by atoms with Crippen molar-refractivity contribution in [2.75, 3.05) is 25.1 Å². The standard InChI is InChI=1S/C15H21N3O/c1-11-3-4-12(8-16)10-18(11)15-7-14(19-2)6-5-13(15)9-17/h5-7,11-12H,3-4,8,10,16H2,1-2H3. The van der Waals surface area contributed by atoms with Gasteiger partial charge in [0.25, 0.3) is 0 Å². The summed E-state index contributed by atoms with van der Waals surface area (Å²) in [6.45, 7) is 3.82. The van der Waals surface area contributed by atoms with Crippen LogP contribution in [0.3, 0.4) is 0 Å². The minimum absolute atomic E-state index is 0.432. The van der Waals surface area contributed by atoms with E-state index in [2.05, 4.69) is 17.9 Å². The molecular formula is C15H21N3O. The second kappa shape index (κ2) is 5.94. The Morgan fingerprint density at radius 2 is 2.26 bits per heavy atom. The van der Waals surface area contributed by atoms with E-state index in [0.29, 0.717) is 24.1 Å². The Bertz CT molecular complexity index is 481. The van der Waals surface area contributed by atoms with E-state index in [9.17, 15) is 5.26 Å². The highest BCUT2D eigenvalue weighted by Crippen LogP contribution is 2.32. The largest absolute Gasteiger partial charge is 0.497 e. The van der Waals surface area contributed by atoms with Crippen LogP contribution in [0, 0.1) is 17.2 Å². The van der Waals surface area contributed by atoms with Crippen LogP contribution in [0.25, 0.3) is 0 Å². The van der Waals surface area contributed by atoms with E-state index in [1.807, 2.05) is 18.2 Å². The molecule has 1 aliphatic heterocycles. The van der Waals surface area contributed by atoms with Crippen molar-refractivity contribution in [2.24, 2.45) is 11.7 Å². The van der Waals surface area contributed by atoms with Crippen molar-refractivity contribution in [1.29, 1.82) is 5.26 Å². The first-order chi connectivity index (χ1) is 9.19. The zero-order valence-electron chi connectivity index (χ0n) is 11.6. The highest BCUT2D eigenvalue weighted by molar-refractivity contribution is 5.63. The highest BCUT2D eigenvalue weighted by atomic mass is 16.5. The normalized spacial score (nSPS) is 22.9. The minimum atomic E-state index is 0.432. The lowest BCUT2D eigenvalue weighted by Crippen LogP contribution is -2.44. The molecule has 0 bridgehead atoms. The van der Waals surface area contributed by atoms with E-state index in [4.69, 9.17) is 10.5 Å². The van der Waals surface area contributed by atoms with Crippen LogP contribution < -0.4 is 15.4 Å². The molecule has 0 radical (unpaired) electrons. The molecule has 0 aliphatic carbocycles. The van der Waals surface area contributed by atoms with Gasteiger partial charge in [-0.25, -0.2) is 0 Å². The zero-order valence-corrected chi connectivity index (χ0v) is 11.6. The van der Waals surface area contributed by atoms with Crippen molar-refractivity contribution >= 4 is 5.69 Å². The summed E-state index contributed by atoms with van der Waals surface area (Å²) in [4.78, 5) is 2.29. The number of piperidine rings is 1. The molecule has 1 heterocycles. The van der Waals surface area contributed by atoms with Gasteiger partial charge in [0, 0.05) is 18.7 Å². The van der Waals surface area contributed by atoms with Gasteiger partial charge in [-0.3, -0.25) is 0 Å². The van der Waals surface area contributed by atoms with Crippen molar-refractivity contribution in [1.82, 2.24) is 0 Å². The van der Waals surface area contributed by atoms with Crippen LogP contribution >= 0.6 is 0 Å². The predicted octanol–water partition coefficient (Wildman–Crippen LogP) is 2.13. The zero-order chi connectivity index (χ0) is 13.8. The number of nitrogens with two attached hydrogens (primary N) is 1. The monoisotopic (exact) mass is 259 g/mol. The van der Waals surface area contributed by atoms with Gasteiger partial charge in [-0.05, 0) is 44.4 Å². The number of hydrogen-bond acceptors (Lipinski definition) is 4. The van der Waals surface area contributed by atoms with Crippen LogP contribution in [0.5, 0.6) is 5.75 Å². The van der Waals surface area contributed by atoms with Gasteiger partial charge in [0.05, 0.1) is 18.4 Å². The average Bonchev–Trinajstić information content (AvgIpc) is 2.47. The Morgan fingerprint density at radius 1 is 1.47 bits per heavy atom. The number of anilines is 1. The molecular weight excluding hydrogens is 238 g/mol. The quantitative estimate of drug-likeness (QED) is 0.903. The van der Waals surface area contributed by atoms with Crippen molar-refractivity contribution < 1.29 is 4.74 Å². The summed E-state index contributed by atoms with van der Waals surface area (Å²) >= 11 is 0. The molecule has 0 aromatic heterocycles. The number of methoxy groups -OCH3 is 1. The lowest BCUT2D eigenvalue weighted by Gasteiger charge is -2.39. The van der Waals surface area contributed by atoms with Crippen LogP contribution in [0.15, 0.2) is 18.2 Å². The van der Waals surface area contributed by atoms with Crippen LogP contribution in [0.4, 0.5) is 5.69 Å². The first kappa shape index (κ1) is 13.7. The minimum Gasteiger partial charge on any atom is -0.497 e. The fourth-order valence-corrected chi connectivity index (χ4v) is 2.68. The molecule has 2 N–H and O–H groups in total. The maximum absolute atomic E-state index is 9.28. The number of rotatable bonds is 3. The number of nitriles is 1. The molecule has 4 nitrogen and oxygen atoms in total. The summed E-state index contributed by atoms with van der Waals surface area (Å²) < 4.78 is 5.27. The van der Waals surface area contributed by atoms with Crippen LogP contribution in [-0.4, -0.2) is 26.2 Å². The summed E-state index contributed by atoms with van der Waals surface area (Å²) in [5.41, 5.74) is 7.46. The summed E-state index contributed by atoms with van der Waals surface area (Å²) in [6.07, 6.45) is 2.28. The Labute approximate surface area is 114 Å². The van der Waals surface area contributed by atoms with Crippen molar-refractivity contribution in [3.8, 4) is 11.8 Å². The SMILES string of the molecule is COc1ccc(C#N)c(N2CC(CN)CCC2C)c1. The molecule has 2 atom stereocenters. The van der Waals surface area contributed by atoms with Gasteiger partial charge in [0.2, 0.25) is 0 Å². The Morgan fingerprint density at radius 3 is 2.89 bits per heavy atom. The van der Waals surface area contributed by atoms with Crippen molar-refractivity contribution in [3.63, 3.8) is 0 Å².